The maximum Gasteiger partial charge on any atom is 0.251 e. The second-order valence-corrected chi connectivity index (χ2v) is 7.74. The molecule has 0 aromatic heterocycles. The van der Waals surface area contributed by atoms with Crippen LogP contribution in [0.15, 0.2) is 54.6 Å². The molecule has 2 aliphatic heterocycles. The van der Waals surface area contributed by atoms with E-state index in [9.17, 15) is 9.18 Å². The first-order chi connectivity index (χ1) is 13.1. The number of likely N-dealkylation sites (tertiary alicyclic amines) is 2. The number of halogens is 1. The summed E-state index contributed by atoms with van der Waals surface area (Å²) in [5, 5.41) is 2.95. The number of hydrogen-bond acceptors (Lipinski definition) is 3. The van der Waals surface area contributed by atoms with Gasteiger partial charge in [0.05, 0.1) is 0 Å². The predicted molar refractivity (Wildman–Crippen MR) is 104 cm³/mol. The lowest BCUT2D eigenvalue weighted by atomic mass is 9.90. The maximum atomic E-state index is 13.0. The molecule has 2 fully saturated rings. The summed E-state index contributed by atoms with van der Waals surface area (Å²) in [5.74, 6) is 0.864. The van der Waals surface area contributed by atoms with E-state index in [1.807, 2.05) is 0 Å². The number of carbonyl (C=O) groups is 1. The van der Waals surface area contributed by atoms with Crippen molar-refractivity contribution in [3.05, 3.63) is 71.5 Å². The molecule has 4 nitrogen and oxygen atoms in total. The number of nitrogens with one attached hydrogen (secondary N) is 1. The van der Waals surface area contributed by atoms with Crippen LogP contribution in [0.1, 0.15) is 22.0 Å². The number of carbonyl (C=O) groups excluding carboxylic acids is 1. The molecule has 2 aromatic rings. The average Bonchev–Trinajstić information content (AvgIpc) is 3.18. The Morgan fingerprint density at radius 1 is 1.07 bits per heavy atom. The fourth-order valence-corrected chi connectivity index (χ4v) is 4.72. The van der Waals surface area contributed by atoms with Crippen molar-refractivity contribution in [2.75, 3.05) is 39.8 Å². The van der Waals surface area contributed by atoms with Gasteiger partial charge < -0.3 is 10.2 Å². The van der Waals surface area contributed by atoms with E-state index in [-0.39, 0.29) is 11.7 Å². The number of nitrogens with zero attached hydrogens (tertiary/aromatic N) is 2. The summed E-state index contributed by atoms with van der Waals surface area (Å²) >= 11 is 0. The number of fused-ring (bicyclic) bond motifs is 1. The summed E-state index contributed by atoms with van der Waals surface area (Å²) in [6, 6.07) is 16.9. The molecule has 5 heteroatoms. The minimum Gasteiger partial charge on any atom is -0.351 e. The van der Waals surface area contributed by atoms with E-state index in [0.717, 1.165) is 26.2 Å². The van der Waals surface area contributed by atoms with Gasteiger partial charge >= 0.3 is 0 Å². The van der Waals surface area contributed by atoms with Crippen LogP contribution in [0.5, 0.6) is 0 Å². The van der Waals surface area contributed by atoms with E-state index in [2.05, 4.69) is 52.5 Å². The van der Waals surface area contributed by atoms with Crippen molar-refractivity contribution < 1.29 is 9.18 Å². The lowest BCUT2D eigenvalue weighted by Crippen LogP contribution is -2.36. The van der Waals surface area contributed by atoms with Crippen molar-refractivity contribution in [2.45, 2.75) is 6.04 Å². The fourth-order valence-electron chi connectivity index (χ4n) is 4.72. The molecule has 2 saturated heterocycles. The number of benzene rings is 2. The summed E-state index contributed by atoms with van der Waals surface area (Å²) < 4.78 is 13.0. The first kappa shape index (κ1) is 18.1. The number of hydrogen-bond donors (Lipinski definition) is 1. The molecule has 0 aliphatic carbocycles. The zero-order chi connectivity index (χ0) is 18.8. The van der Waals surface area contributed by atoms with Crippen LogP contribution in [-0.2, 0) is 0 Å². The van der Waals surface area contributed by atoms with Crippen LogP contribution in [0.2, 0.25) is 0 Å². The normalized spacial score (nSPS) is 25.5. The van der Waals surface area contributed by atoms with Crippen LogP contribution < -0.4 is 5.32 Å². The van der Waals surface area contributed by atoms with Crippen molar-refractivity contribution in [1.82, 2.24) is 15.1 Å². The van der Waals surface area contributed by atoms with E-state index in [4.69, 9.17) is 0 Å². The molecular weight excluding hydrogens is 341 g/mol. The minimum absolute atomic E-state index is 0.142. The predicted octanol–water partition coefficient (Wildman–Crippen LogP) is 2.79. The van der Waals surface area contributed by atoms with Crippen LogP contribution in [0.3, 0.4) is 0 Å². The molecule has 0 unspecified atom stereocenters. The van der Waals surface area contributed by atoms with Crippen LogP contribution >= 0.6 is 0 Å². The minimum atomic E-state index is -0.326. The zero-order valence-corrected chi connectivity index (χ0v) is 15.6. The molecule has 142 valence electrons. The quantitative estimate of drug-likeness (QED) is 0.883. The van der Waals surface area contributed by atoms with Gasteiger partial charge in [-0.3, -0.25) is 9.69 Å². The van der Waals surface area contributed by atoms with Crippen molar-refractivity contribution in [2.24, 2.45) is 11.8 Å². The van der Waals surface area contributed by atoms with Crippen molar-refractivity contribution in [1.29, 1.82) is 0 Å². The third-order valence-corrected chi connectivity index (χ3v) is 5.93. The Balaban J connectivity index is 1.30. The second-order valence-electron chi connectivity index (χ2n) is 7.74. The third-order valence-electron chi connectivity index (χ3n) is 5.93. The summed E-state index contributed by atoms with van der Waals surface area (Å²) in [6.07, 6.45) is 0. The highest BCUT2D eigenvalue weighted by Gasteiger charge is 2.45. The third kappa shape index (κ3) is 3.89. The molecule has 3 atom stereocenters. The Morgan fingerprint density at radius 2 is 1.81 bits per heavy atom. The van der Waals surface area contributed by atoms with E-state index >= 15 is 0 Å². The maximum absolute atomic E-state index is 13.0. The summed E-state index contributed by atoms with van der Waals surface area (Å²) in [4.78, 5) is 17.1. The van der Waals surface area contributed by atoms with Crippen molar-refractivity contribution in [3.63, 3.8) is 0 Å². The molecule has 0 spiro atoms. The van der Waals surface area contributed by atoms with Gasteiger partial charge in [0.2, 0.25) is 0 Å². The highest BCUT2D eigenvalue weighted by atomic mass is 19.1. The highest BCUT2D eigenvalue weighted by molar-refractivity contribution is 5.94. The molecule has 1 amide bonds. The lowest BCUT2D eigenvalue weighted by Gasteiger charge is -2.26. The average molecular weight is 367 g/mol. The first-order valence-corrected chi connectivity index (χ1v) is 9.63. The van der Waals surface area contributed by atoms with Gasteiger partial charge in [-0.15, -0.1) is 0 Å². The Hall–Kier alpha value is -2.24. The van der Waals surface area contributed by atoms with Gasteiger partial charge in [0.25, 0.3) is 5.91 Å². The van der Waals surface area contributed by atoms with Crippen LogP contribution in [0, 0.1) is 17.7 Å². The first-order valence-electron chi connectivity index (χ1n) is 9.63. The van der Waals surface area contributed by atoms with E-state index in [1.54, 1.807) is 0 Å². The Labute approximate surface area is 160 Å². The van der Waals surface area contributed by atoms with E-state index < -0.39 is 0 Å². The topological polar surface area (TPSA) is 35.6 Å². The molecule has 27 heavy (non-hydrogen) atoms. The number of rotatable bonds is 5. The Bertz CT molecular complexity index is 780. The zero-order valence-electron chi connectivity index (χ0n) is 15.6. The monoisotopic (exact) mass is 367 g/mol. The molecular formula is C22H26FN3O. The fraction of sp³-hybridized carbons (Fsp3) is 0.409. The standard InChI is InChI=1S/C22H26FN3O/c1-25-13-18-14-26(15-20(18)21(25)16-5-3-2-4-6-16)12-11-24-22(27)17-7-9-19(23)10-8-17/h2-10,18,20-21H,11-15H2,1H3,(H,24,27)/t18-,20+,21-/m1/s1. The van der Waals surface area contributed by atoms with Gasteiger partial charge in [0, 0.05) is 44.3 Å². The number of amides is 1. The van der Waals surface area contributed by atoms with Gasteiger partial charge in [-0.05, 0) is 48.7 Å². The smallest absolute Gasteiger partial charge is 0.251 e. The molecule has 0 saturated carbocycles. The molecule has 2 aliphatic rings. The van der Waals surface area contributed by atoms with Gasteiger partial charge in [0.1, 0.15) is 5.82 Å². The Kier molecular flexibility index (Phi) is 5.23. The van der Waals surface area contributed by atoms with E-state index in [0.29, 0.717) is 30.0 Å². The van der Waals surface area contributed by atoms with Crippen LogP contribution in [-0.4, -0.2) is 55.5 Å². The van der Waals surface area contributed by atoms with E-state index in [1.165, 1.54) is 29.8 Å². The SMILES string of the molecule is CN1C[C@@H]2CN(CCNC(=O)c3ccc(F)cc3)C[C@@H]2[C@H]1c1ccccc1. The molecule has 4 rings (SSSR count). The summed E-state index contributed by atoms with van der Waals surface area (Å²) in [7, 11) is 2.23. The van der Waals surface area contributed by atoms with Gasteiger partial charge in [-0.25, -0.2) is 4.39 Å². The van der Waals surface area contributed by atoms with Gasteiger partial charge in [0.15, 0.2) is 0 Å². The van der Waals surface area contributed by atoms with Gasteiger partial charge in [-0.1, -0.05) is 30.3 Å². The van der Waals surface area contributed by atoms with Crippen LogP contribution in [0.25, 0.3) is 0 Å². The molecule has 0 bridgehead atoms. The summed E-state index contributed by atoms with van der Waals surface area (Å²) in [6.45, 7) is 4.75. The Morgan fingerprint density at radius 3 is 2.56 bits per heavy atom. The van der Waals surface area contributed by atoms with Crippen LogP contribution in [0.4, 0.5) is 4.39 Å². The molecule has 0 radical (unpaired) electrons. The largest absolute Gasteiger partial charge is 0.351 e. The second kappa shape index (κ2) is 7.79. The van der Waals surface area contributed by atoms with Crippen molar-refractivity contribution >= 4 is 5.91 Å². The van der Waals surface area contributed by atoms with Crippen molar-refractivity contribution in [3.8, 4) is 0 Å². The van der Waals surface area contributed by atoms with Gasteiger partial charge in [-0.2, -0.15) is 0 Å². The molecule has 2 aromatic carbocycles. The molecule has 1 N–H and O–H groups in total. The lowest BCUT2D eigenvalue weighted by molar-refractivity contribution is 0.0948. The summed E-state index contributed by atoms with van der Waals surface area (Å²) in [5.41, 5.74) is 1.90. The highest BCUT2D eigenvalue weighted by Crippen LogP contribution is 2.43. The molecule has 2 heterocycles.